The summed E-state index contributed by atoms with van der Waals surface area (Å²) < 4.78 is 41.8. The highest BCUT2D eigenvalue weighted by Crippen LogP contribution is 2.32. The van der Waals surface area contributed by atoms with E-state index >= 15 is 0 Å². The van der Waals surface area contributed by atoms with Crippen molar-refractivity contribution in [3.63, 3.8) is 0 Å². The van der Waals surface area contributed by atoms with Gasteiger partial charge in [-0.25, -0.2) is 18.3 Å². The number of hydrogen-bond donors (Lipinski definition) is 2. The number of halogens is 1. The first-order valence-electron chi connectivity index (χ1n) is 9.42. The van der Waals surface area contributed by atoms with Crippen LogP contribution in [0.5, 0.6) is 5.75 Å². The van der Waals surface area contributed by atoms with E-state index in [1.165, 1.54) is 30.5 Å². The summed E-state index contributed by atoms with van der Waals surface area (Å²) in [4.78, 5) is 26.1. The Morgan fingerprint density at radius 2 is 1.94 bits per heavy atom. The minimum atomic E-state index is -3.87. The minimum Gasteiger partial charge on any atom is -0.497 e. The number of hydroxylamine groups is 1. The number of ether oxygens (including phenoxy) is 1. The van der Waals surface area contributed by atoms with Crippen LogP contribution in [0.3, 0.4) is 0 Å². The Labute approximate surface area is 179 Å². The van der Waals surface area contributed by atoms with Gasteiger partial charge in [-0.05, 0) is 48.7 Å². The lowest BCUT2D eigenvalue weighted by atomic mass is 10.00. The second-order valence-electron chi connectivity index (χ2n) is 7.64. The maximum atomic E-state index is 14.4. The van der Waals surface area contributed by atoms with Gasteiger partial charge in [-0.1, -0.05) is 6.07 Å². The maximum absolute atomic E-state index is 14.4. The normalized spacial score (nSPS) is 15.4. The topological polar surface area (TPSA) is 113 Å². The van der Waals surface area contributed by atoms with E-state index in [-0.39, 0.29) is 25.4 Å². The molecule has 1 heterocycles. The lowest BCUT2D eigenvalue weighted by Gasteiger charge is -2.27. The predicted octanol–water partition coefficient (Wildman–Crippen LogP) is 2.16. The van der Waals surface area contributed by atoms with Gasteiger partial charge in [0, 0.05) is 36.5 Å². The van der Waals surface area contributed by atoms with E-state index in [2.05, 4.69) is 0 Å². The Bertz CT molecular complexity index is 1150. The largest absolute Gasteiger partial charge is 0.497 e. The van der Waals surface area contributed by atoms with Gasteiger partial charge in [0.1, 0.15) is 11.6 Å². The van der Waals surface area contributed by atoms with E-state index in [0.717, 1.165) is 6.26 Å². The van der Waals surface area contributed by atoms with Gasteiger partial charge >= 0.3 is 0 Å². The van der Waals surface area contributed by atoms with Crippen LogP contribution in [0, 0.1) is 5.82 Å². The third-order valence-electron chi connectivity index (χ3n) is 5.73. The molecule has 0 bridgehead atoms. The summed E-state index contributed by atoms with van der Waals surface area (Å²) in [5, 5.41) is 8.93. The molecule has 0 aliphatic carbocycles. The van der Waals surface area contributed by atoms with Crippen LogP contribution in [-0.4, -0.2) is 55.0 Å². The van der Waals surface area contributed by atoms with Crippen molar-refractivity contribution in [2.24, 2.45) is 0 Å². The number of sulfone groups is 1. The number of carbonyl (C=O) groups is 2. The number of methoxy groups -OCH3 is 1. The summed E-state index contributed by atoms with van der Waals surface area (Å²) >= 11 is 0. The molecule has 0 saturated carbocycles. The third-order valence-corrected chi connectivity index (χ3v) is 7.76. The molecule has 1 aliphatic rings. The first-order valence-corrected chi connectivity index (χ1v) is 11.3. The highest BCUT2D eigenvalue weighted by molar-refractivity contribution is 7.92. The minimum absolute atomic E-state index is 0.0171. The molecule has 0 fully saturated rings. The van der Waals surface area contributed by atoms with Gasteiger partial charge in [0.2, 0.25) is 0 Å². The zero-order chi connectivity index (χ0) is 23.0. The van der Waals surface area contributed by atoms with E-state index in [0.29, 0.717) is 28.0 Å². The van der Waals surface area contributed by atoms with Gasteiger partial charge in [-0.2, -0.15) is 0 Å². The summed E-state index contributed by atoms with van der Waals surface area (Å²) in [6, 6.07) is 9.47. The fourth-order valence-corrected chi connectivity index (χ4v) is 4.36. The Balaban J connectivity index is 1.82. The molecule has 1 unspecified atom stereocenters. The van der Waals surface area contributed by atoms with Crippen molar-refractivity contribution in [1.29, 1.82) is 0 Å². The van der Waals surface area contributed by atoms with Crippen LogP contribution in [0.25, 0.3) is 11.1 Å². The number of amides is 2. The summed E-state index contributed by atoms with van der Waals surface area (Å²) in [6.07, 6.45) is 0.705. The number of benzene rings is 2. The third kappa shape index (κ3) is 4.13. The first-order chi connectivity index (χ1) is 14.5. The van der Waals surface area contributed by atoms with E-state index in [4.69, 9.17) is 9.94 Å². The highest BCUT2D eigenvalue weighted by atomic mass is 32.2. The number of nitrogens with one attached hydrogen (secondary N) is 1. The van der Waals surface area contributed by atoms with Crippen molar-refractivity contribution in [1.82, 2.24) is 10.4 Å². The molecule has 3 rings (SSSR count). The number of fused-ring (bicyclic) bond motifs is 1. The molecule has 31 heavy (non-hydrogen) atoms. The Kier molecular flexibility index (Phi) is 6.06. The van der Waals surface area contributed by atoms with E-state index in [1.807, 2.05) is 0 Å². The van der Waals surface area contributed by atoms with Crippen molar-refractivity contribution in [2.45, 2.75) is 24.6 Å². The van der Waals surface area contributed by atoms with Crippen LogP contribution in [0.4, 0.5) is 4.39 Å². The van der Waals surface area contributed by atoms with E-state index in [1.54, 1.807) is 30.3 Å². The lowest BCUT2D eigenvalue weighted by molar-refractivity contribution is -0.131. The monoisotopic (exact) mass is 450 g/mol. The molecule has 8 nitrogen and oxygen atoms in total. The fourth-order valence-electron chi connectivity index (χ4n) is 3.52. The molecule has 0 spiro atoms. The zero-order valence-corrected chi connectivity index (χ0v) is 18.1. The zero-order valence-electron chi connectivity index (χ0n) is 17.3. The van der Waals surface area contributed by atoms with Gasteiger partial charge in [-0.3, -0.25) is 14.8 Å². The van der Waals surface area contributed by atoms with Crippen molar-refractivity contribution in [3.05, 3.63) is 53.3 Å². The number of carbonyl (C=O) groups excluding carboxylic acids is 2. The first kappa shape index (κ1) is 22.7. The highest BCUT2D eigenvalue weighted by Gasteiger charge is 2.44. The SMILES string of the molecule is COc1ccc(-c2ccc3c(c2)CN(CCC(C)(C(=O)NO)S(C)(=O)=O)C3=O)c(F)c1. The van der Waals surface area contributed by atoms with Crippen LogP contribution in [0.15, 0.2) is 36.4 Å². The van der Waals surface area contributed by atoms with Crippen molar-refractivity contribution >= 4 is 21.7 Å². The predicted molar refractivity (Wildman–Crippen MR) is 111 cm³/mol. The van der Waals surface area contributed by atoms with Crippen molar-refractivity contribution in [3.8, 4) is 16.9 Å². The molecule has 2 N–H and O–H groups in total. The van der Waals surface area contributed by atoms with Crippen molar-refractivity contribution in [2.75, 3.05) is 19.9 Å². The smallest absolute Gasteiger partial charge is 0.264 e. The molecule has 166 valence electrons. The lowest BCUT2D eigenvalue weighted by Crippen LogP contribution is -2.50. The molecular weight excluding hydrogens is 427 g/mol. The number of hydrogen-bond acceptors (Lipinski definition) is 6. The standard InChI is InChI=1S/C21H23FN2O6S/c1-21(20(26)23-27,31(3,28)29)8-9-24-12-14-10-13(4-6-17(14)19(24)25)16-7-5-15(30-2)11-18(16)22/h4-7,10-11,27H,8-9,12H2,1-3H3,(H,23,26). The Morgan fingerprint density at radius 1 is 1.26 bits per heavy atom. The van der Waals surface area contributed by atoms with Gasteiger partial charge in [-0.15, -0.1) is 0 Å². The second-order valence-corrected chi connectivity index (χ2v) is 10.1. The summed E-state index contributed by atoms with van der Waals surface area (Å²) in [5.41, 5.74) is 3.45. The fraction of sp³-hybridized carbons (Fsp3) is 0.333. The molecule has 0 radical (unpaired) electrons. The summed E-state index contributed by atoms with van der Waals surface area (Å²) in [5.74, 6) is -1.43. The average Bonchev–Trinajstić information content (AvgIpc) is 3.05. The molecule has 0 saturated heterocycles. The number of rotatable bonds is 7. The quantitative estimate of drug-likeness (QED) is 0.494. The summed E-state index contributed by atoms with van der Waals surface area (Å²) in [6.45, 7) is 1.38. The Hall–Kier alpha value is -2.98. The average molecular weight is 450 g/mol. The summed E-state index contributed by atoms with van der Waals surface area (Å²) in [7, 11) is -2.42. The molecule has 2 amide bonds. The van der Waals surface area contributed by atoms with Crippen LogP contribution in [-0.2, 0) is 21.2 Å². The van der Waals surface area contributed by atoms with E-state index in [9.17, 15) is 22.4 Å². The van der Waals surface area contributed by atoms with Crippen LogP contribution < -0.4 is 10.2 Å². The van der Waals surface area contributed by atoms with Crippen LogP contribution in [0.2, 0.25) is 0 Å². The van der Waals surface area contributed by atoms with E-state index < -0.39 is 26.3 Å². The van der Waals surface area contributed by atoms with Crippen molar-refractivity contribution < 1.29 is 32.3 Å². The molecule has 1 aliphatic heterocycles. The number of nitrogens with zero attached hydrogens (tertiary/aromatic N) is 1. The van der Waals surface area contributed by atoms with Gasteiger partial charge in [0.25, 0.3) is 11.8 Å². The molecule has 2 aromatic carbocycles. The molecule has 0 aromatic heterocycles. The molecule has 2 aromatic rings. The van der Waals surface area contributed by atoms with Crippen LogP contribution in [0.1, 0.15) is 29.3 Å². The Morgan fingerprint density at radius 3 is 2.52 bits per heavy atom. The second kappa shape index (κ2) is 8.27. The van der Waals surface area contributed by atoms with Gasteiger partial charge in [0.15, 0.2) is 14.6 Å². The van der Waals surface area contributed by atoms with Gasteiger partial charge in [0.05, 0.1) is 7.11 Å². The molecule has 10 heteroatoms. The molecular formula is C21H23FN2O6S. The van der Waals surface area contributed by atoms with Gasteiger partial charge < -0.3 is 9.64 Å². The molecule has 1 atom stereocenters. The van der Waals surface area contributed by atoms with Crippen LogP contribution >= 0.6 is 0 Å². The maximum Gasteiger partial charge on any atom is 0.264 e.